The Morgan fingerprint density at radius 3 is 2.81 bits per heavy atom. The molecule has 0 amide bonds. The number of hydrogen-bond acceptors (Lipinski definition) is 2. The van der Waals surface area contributed by atoms with Crippen molar-refractivity contribution in [1.29, 1.82) is 0 Å². The summed E-state index contributed by atoms with van der Waals surface area (Å²) in [6, 6.07) is 7.43. The van der Waals surface area contributed by atoms with E-state index in [1.165, 1.54) is 0 Å². The average Bonchev–Trinajstić information content (AvgIpc) is 2.28. The Balaban J connectivity index is 2.52. The van der Waals surface area contributed by atoms with Crippen molar-refractivity contribution >= 4 is 11.6 Å². The smallest absolute Gasteiger partial charge is 0.0940 e. The Bertz CT molecular complexity index is 317. The first-order valence-electron chi connectivity index (χ1n) is 5.82. The second kappa shape index (κ2) is 6.89. The van der Waals surface area contributed by atoms with E-state index in [2.05, 4.69) is 12.2 Å². The molecule has 90 valence electrons. The topological polar surface area (TPSA) is 32.3 Å². The van der Waals surface area contributed by atoms with Crippen molar-refractivity contribution in [3.05, 3.63) is 34.9 Å². The maximum absolute atomic E-state index is 10.1. The van der Waals surface area contributed by atoms with E-state index in [1.54, 1.807) is 0 Å². The Morgan fingerprint density at radius 1 is 1.44 bits per heavy atom. The van der Waals surface area contributed by atoms with E-state index in [0.29, 0.717) is 5.02 Å². The molecule has 16 heavy (non-hydrogen) atoms. The fourth-order valence-corrected chi connectivity index (χ4v) is 1.80. The van der Waals surface area contributed by atoms with Crippen LogP contribution in [0.3, 0.4) is 0 Å². The van der Waals surface area contributed by atoms with Gasteiger partial charge in [-0.25, -0.2) is 0 Å². The Kier molecular flexibility index (Phi) is 5.81. The molecule has 1 aromatic rings. The molecule has 2 nitrogen and oxygen atoms in total. The molecule has 0 heterocycles. The zero-order valence-electron chi connectivity index (χ0n) is 9.91. The molecule has 0 unspecified atom stereocenters. The summed E-state index contributed by atoms with van der Waals surface area (Å²) in [6.45, 7) is 5.08. The van der Waals surface area contributed by atoms with Gasteiger partial charge in [0, 0.05) is 11.1 Å². The zero-order chi connectivity index (χ0) is 12.0. The van der Waals surface area contributed by atoms with Gasteiger partial charge in [-0.1, -0.05) is 37.1 Å². The molecule has 0 bridgehead atoms. The Morgan fingerprint density at radius 2 is 2.19 bits per heavy atom. The number of halogens is 1. The summed E-state index contributed by atoms with van der Waals surface area (Å²) in [5.41, 5.74) is 0.865. The van der Waals surface area contributed by atoms with Gasteiger partial charge < -0.3 is 10.4 Å². The minimum Gasteiger partial charge on any atom is -0.387 e. The number of rotatable bonds is 6. The average molecular weight is 242 g/mol. The van der Waals surface area contributed by atoms with Gasteiger partial charge in [-0.2, -0.15) is 0 Å². The van der Waals surface area contributed by atoms with E-state index in [-0.39, 0.29) is 6.04 Å². The van der Waals surface area contributed by atoms with E-state index in [1.807, 2.05) is 31.2 Å². The zero-order valence-corrected chi connectivity index (χ0v) is 10.7. The minimum atomic E-state index is -0.504. The maximum atomic E-state index is 10.1. The van der Waals surface area contributed by atoms with Gasteiger partial charge in [0.15, 0.2) is 0 Å². The molecule has 0 aliphatic carbocycles. The summed E-state index contributed by atoms with van der Waals surface area (Å²) >= 11 is 5.89. The van der Waals surface area contributed by atoms with E-state index >= 15 is 0 Å². The lowest BCUT2D eigenvalue weighted by Crippen LogP contribution is -2.32. The monoisotopic (exact) mass is 241 g/mol. The number of benzene rings is 1. The van der Waals surface area contributed by atoms with Gasteiger partial charge in [-0.05, 0) is 37.6 Å². The summed E-state index contributed by atoms with van der Waals surface area (Å²) in [6.07, 6.45) is 1.79. The highest BCUT2D eigenvalue weighted by atomic mass is 35.5. The van der Waals surface area contributed by atoms with Crippen LogP contribution >= 0.6 is 11.6 Å². The van der Waals surface area contributed by atoms with Crippen molar-refractivity contribution in [2.45, 2.75) is 38.8 Å². The molecule has 0 aliphatic rings. The molecule has 1 rings (SSSR count). The third-order valence-electron chi connectivity index (χ3n) is 2.66. The minimum absolute atomic E-state index is 0.0463. The van der Waals surface area contributed by atoms with Crippen LogP contribution < -0.4 is 5.32 Å². The fourth-order valence-electron chi connectivity index (χ4n) is 1.60. The Labute approximate surface area is 103 Å². The lowest BCUT2D eigenvalue weighted by molar-refractivity contribution is 0.136. The van der Waals surface area contributed by atoms with E-state index in [0.717, 1.165) is 24.9 Å². The molecule has 0 saturated heterocycles. The molecule has 0 spiro atoms. The van der Waals surface area contributed by atoms with Gasteiger partial charge in [0.25, 0.3) is 0 Å². The van der Waals surface area contributed by atoms with Crippen LogP contribution in [0, 0.1) is 0 Å². The molecule has 0 saturated carbocycles. The van der Waals surface area contributed by atoms with Crippen LogP contribution in [0.5, 0.6) is 0 Å². The van der Waals surface area contributed by atoms with Gasteiger partial charge in [-0.3, -0.25) is 0 Å². The first-order chi connectivity index (χ1) is 7.65. The highest BCUT2D eigenvalue weighted by Gasteiger charge is 2.15. The summed E-state index contributed by atoms with van der Waals surface area (Å²) in [7, 11) is 0. The molecule has 0 aliphatic heterocycles. The molecule has 1 aromatic carbocycles. The molecule has 2 N–H and O–H groups in total. The van der Waals surface area contributed by atoms with Crippen molar-refractivity contribution in [2.24, 2.45) is 0 Å². The molecule has 0 radical (unpaired) electrons. The van der Waals surface area contributed by atoms with Crippen LogP contribution in [0.15, 0.2) is 24.3 Å². The van der Waals surface area contributed by atoms with Crippen LogP contribution in [0.4, 0.5) is 0 Å². The fraction of sp³-hybridized carbons (Fsp3) is 0.538. The van der Waals surface area contributed by atoms with Gasteiger partial charge in [0.1, 0.15) is 0 Å². The van der Waals surface area contributed by atoms with Crippen molar-refractivity contribution in [2.75, 3.05) is 6.54 Å². The Hall–Kier alpha value is -0.570. The maximum Gasteiger partial charge on any atom is 0.0940 e. The first kappa shape index (κ1) is 13.5. The van der Waals surface area contributed by atoms with Crippen molar-refractivity contribution in [1.82, 2.24) is 5.32 Å². The predicted molar refractivity (Wildman–Crippen MR) is 68.8 cm³/mol. The molecular weight excluding hydrogens is 222 g/mol. The van der Waals surface area contributed by atoms with E-state index < -0.39 is 6.10 Å². The summed E-state index contributed by atoms with van der Waals surface area (Å²) in [4.78, 5) is 0. The number of hydrogen-bond donors (Lipinski definition) is 2. The molecule has 2 atom stereocenters. The summed E-state index contributed by atoms with van der Waals surface area (Å²) in [5, 5.41) is 14.1. The van der Waals surface area contributed by atoms with Crippen LogP contribution in [0.1, 0.15) is 38.4 Å². The number of nitrogens with one attached hydrogen (secondary N) is 1. The SMILES string of the molecule is CCCCN[C@@H](C)[C@H](O)c1cccc(Cl)c1. The lowest BCUT2D eigenvalue weighted by Gasteiger charge is -2.20. The van der Waals surface area contributed by atoms with Crippen molar-refractivity contribution in [3.8, 4) is 0 Å². The van der Waals surface area contributed by atoms with Crippen molar-refractivity contribution < 1.29 is 5.11 Å². The van der Waals surface area contributed by atoms with Gasteiger partial charge in [0.2, 0.25) is 0 Å². The molecular formula is C13H20ClNO. The second-order valence-electron chi connectivity index (χ2n) is 4.10. The summed E-state index contributed by atoms with van der Waals surface area (Å²) < 4.78 is 0. The number of unbranched alkanes of at least 4 members (excludes halogenated alkanes) is 1. The normalized spacial score (nSPS) is 14.8. The standard InChI is InChI=1S/C13H20ClNO/c1-3-4-8-15-10(2)13(16)11-6-5-7-12(14)9-11/h5-7,9-10,13,15-16H,3-4,8H2,1-2H3/t10-,13-/m0/s1. The third kappa shape index (κ3) is 4.12. The molecule has 0 aromatic heterocycles. The highest BCUT2D eigenvalue weighted by molar-refractivity contribution is 6.30. The van der Waals surface area contributed by atoms with Crippen LogP contribution in [-0.4, -0.2) is 17.7 Å². The predicted octanol–water partition coefficient (Wildman–Crippen LogP) is 3.15. The highest BCUT2D eigenvalue weighted by Crippen LogP contribution is 2.20. The summed E-state index contributed by atoms with van der Waals surface area (Å²) in [5.74, 6) is 0. The number of aliphatic hydroxyl groups is 1. The van der Waals surface area contributed by atoms with Crippen molar-refractivity contribution in [3.63, 3.8) is 0 Å². The van der Waals surface area contributed by atoms with Crippen LogP contribution in [0.2, 0.25) is 5.02 Å². The first-order valence-corrected chi connectivity index (χ1v) is 6.20. The third-order valence-corrected chi connectivity index (χ3v) is 2.90. The molecule has 3 heteroatoms. The number of aliphatic hydroxyl groups excluding tert-OH is 1. The van der Waals surface area contributed by atoms with Gasteiger partial charge in [0.05, 0.1) is 6.10 Å². The van der Waals surface area contributed by atoms with Crippen LogP contribution in [-0.2, 0) is 0 Å². The van der Waals surface area contributed by atoms with E-state index in [4.69, 9.17) is 11.6 Å². The molecule has 0 fully saturated rings. The quantitative estimate of drug-likeness (QED) is 0.750. The lowest BCUT2D eigenvalue weighted by atomic mass is 10.0. The van der Waals surface area contributed by atoms with Gasteiger partial charge in [-0.15, -0.1) is 0 Å². The van der Waals surface area contributed by atoms with Crippen LogP contribution in [0.25, 0.3) is 0 Å². The largest absolute Gasteiger partial charge is 0.387 e. The second-order valence-corrected chi connectivity index (χ2v) is 4.53. The van der Waals surface area contributed by atoms with E-state index in [9.17, 15) is 5.11 Å². The van der Waals surface area contributed by atoms with Gasteiger partial charge >= 0.3 is 0 Å².